The molecule has 1 N–H and O–H groups in total. The maximum Gasteiger partial charge on any atom is 0.138 e. The molecule has 0 bridgehead atoms. The molecule has 5 nitrogen and oxygen atoms in total. The van der Waals surface area contributed by atoms with E-state index in [0.717, 1.165) is 23.7 Å². The molecule has 0 saturated carbocycles. The number of rotatable bonds is 5. The molecule has 20 heavy (non-hydrogen) atoms. The van der Waals surface area contributed by atoms with Crippen molar-refractivity contribution in [2.24, 2.45) is 7.05 Å². The third-order valence-electron chi connectivity index (χ3n) is 2.75. The number of nitrogens with one attached hydrogen (secondary N) is 1. The average molecular weight is 274 g/mol. The molecule has 2 aromatic rings. The Kier molecular flexibility index (Phi) is 4.39. The van der Waals surface area contributed by atoms with Crippen LogP contribution in [0.1, 0.15) is 32.2 Å². The Labute approximate surface area is 120 Å². The van der Waals surface area contributed by atoms with Gasteiger partial charge in [0.2, 0.25) is 0 Å². The normalized spacial score (nSPS) is 11.6. The quantitative estimate of drug-likeness (QED) is 0.909. The van der Waals surface area contributed by atoms with Crippen molar-refractivity contribution >= 4 is 0 Å². The van der Waals surface area contributed by atoms with E-state index < -0.39 is 0 Å². The number of pyridine rings is 1. The first-order chi connectivity index (χ1) is 9.42. The van der Waals surface area contributed by atoms with E-state index in [1.165, 1.54) is 0 Å². The second-order valence-electron chi connectivity index (χ2n) is 5.86. The summed E-state index contributed by atoms with van der Waals surface area (Å²) in [6, 6.07) is 5.86. The molecule has 0 spiro atoms. The summed E-state index contributed by atoms with van der Waals surface area (Å²) in [5.41, 5.74) is 2.01. The van der Waals surface area contributed by atoms with Crippen LogP contribution in [0.25, 0.3) is 0 Å². The molecule has 2 aromatic heterocycles. The maximum atomic E-state index is 5.65. The van der Waals surface area contributed by atoms with Gasteiger partial charge in [-0.25, -0.2) is 0 Å². The number of nitrogens with zero attached hydrogens (tertiary/aromatic N) is 3. The Hall–Kier alpha value is -1.88. The minimum atomic E-state index is 0.0931. The molecular weight excluding hydrogens is 252 g/mol. The van der Waals surface area contributed by atoms with Crippen LogP contribution < -0.4 is 10.1 Å². The van der Waals surface area contributed by atoms with Crippen LogP contribution in [0.15, 0.2) is 30.6 Å². The molecule has 2 rings (SSSR count). The van der Waals surface area contributed by atoms with Crippen LogP contribution in [-0.4, -0.2) is 20.3 Å². The molecule has 0 unspecified atom stereocenters. The number of aromatic nitrogens is 3. The number of ether oxygens (including phenoxy) is 1. The zero-order chi connectivity index (χ0) is 14.6. The van der Waals surface area contributed by atoms with Gasteiger partial charge < -0.3 is 10.1 Å². The second kappa shape index (κ2) is 6.05. The molecule has 2 heterocycles. The highest BCUT2D eigenvalue weighted by atomic mass is 16.5. The van der Waals surface area contributed by atoms with Crippen molar-refractivity contribution in [1.82, 2.24) is 20.1 Å². The average Bonchev–Trinajstić information content (AvgIpc) is 2.80. The van der Waals surface area contributed by atoms with Crippen molar-refractivity contribution in [2.45, 2.75) is 39.5 Å². The van der Waals surface area contributed by atoms with E-state index in [9.17, 15) is 0 Å². The molecule has 0 atom stereocenters. The van der Waals surface area contributed by atoms with Crippen molar-refractivity contribution in [3.8, 4) is 5.75 Å². The van der Waals surface area contributed by atoms with E-state index in [1.54, 1.807) is 10.9 Å². The molecule has 0 aromatic carbocycles. The van der Waals surface area contributed by atoms with Gasteiger partial charge in [-0.1, -0.05) is 0 Å². The second-order valence-corrected chi connectivity index (χ2v) is 5.86. The summed E-state index contributed by atoms with van der Waals surface area (Å²) < 4.78 is 7.41. The Morgan fingerprint density at radius 2 is 2.00 bits per heavy atom. The van der Waals surface area contributed by atoms with Crippen molar-refractivity contribution in [2.75, 3.05) is 0 Å². The molecule has 0 fully saturated rings. The van der Waals surface area contributed by atoms with Crippen LogP contribution in [0.3, 0.4) is 0 Å². The van der Waals surface area contributed by atoms with Crippen molar-refractivity contribution in [3.05, 3.63) is 42.0 Å². The predicted molar refractivity (Wildman–Crippen MR) is 78.4 cm³/mol. The fourth-order valence-corrected chi connectivity index (χ4v) is 1.65. The first kappa shape index (κ1) is 14.5. The fraction of sp³-hybridized carbons (Fsp3) is 0.467. The van der Waals surface area contributed by atoms with Crippen LogP contribution in [0.4, 0.5) is 0 Å². The fourth-order valence-electron chi connectivity index (χ4n) is 1.65. The monoisotopic (exact) mass is 274 g/mol. The lowest BCUT2D eigenvalue weighted by atomic mass is 10.1. The summed E-state index contributed by atoms with van der Waals surface area (Å²) in [5.74, 6) is 0.759. The van der Waals surface area contributed by atoms with Gasteiger partial charge in [0.1, 0.15) is 12.4 Å². The molecule has 0 radical (unpaired) electrons. The Morgan fingerprint density at radius 1 is 1.20 bits per heavy atom. The first-order valence-electron chi connectivity index (χ1n) is 6.74. The summed E-state index contributed by atoms with van der Waals surface area (Å²) in [4.78, 5) is 4.39. The highest BCUT2D eigenvalue weighted by molar-refractivity contribution is 5.20. The minimum absolute atomic E-state index is 0.0931. The summed E-state index contributed by atoms with van der Waals surface area (Å²) in [7, 11) is 1.89. The highest BCUT2D eigenvalue weighted by Gasteiger charge is 2.08. The molecule has 108 valence electrons. The van der Waals surface area contributed by atoms with E-state index in [2.05, 4.69) is 36.2 Å². The van der Waals surface area contributed by atoms with Gasteiger partial charge >= 0.3 is 0 Å². The van der Waals surface area contributed by atoms with Gasteiger partial charge in [0.15, 0.2) is 0 Å². The summed E-state index contributed by atoms with van der Waals surface area (Å²) in [6.07, 6.45) is 3.65. The van der Waals surface area contributed by atoms with Gasteiger partial charge in [-0.05, 0) is 39.0 Å². The van der Waals surface area contributed by atoms with Crippen LogP contribution in [0.2, 0.25) is 0 Å². The highest BCUT2D eigenvalue weighted by Crippen LogP contribution is 2.12. The topological polar surface area (TPSA) is 52.0 Å². The Bertz CT molecular complexity index is 540. The van der Waals surface area contributed by atoms with Crippen molar-refractivity contribution in [3.63, 3.8) is 0 Å². The third-order valence-corrected chi connectivity index (χ3v) is 2.75. The zero-order valence-corrected chi connectivity index (χ0v) is 12.6. The van der Waals surface area contributed by atoms with Gasteiger partial charge in [0, 0.05) is 25.3 Å². The number of hydrogen-bond donors (Lipinski definition) is 1. The van der Waals surface area contributed by atoms with E-state index in [4.69, 9.17) is 4.74 Å². The Morgan fingerprint density at radius 3 is 2.55 bits per heavy atom. The largest absolute Gasteiger partial charge is 0.486 e. The van der Waals surface area contributed by atoms with Gasteiger partial charge in [0.25, 0.3) is 0 Å². The zero-order valence-electron chi connectivity index (χ0n) is 12.6. The molecule has 0 aliphatic heterocycles. The molecule has 0 saturated heterocycles. The number of hydrogen-bond acceptors (Lipinski definition) is 4. The van der Waals surface area contributed by atoms with E-state index in [0.29, 0.717) is 6.61 Å². The SMILES string of the molecule is Cn1ccc(COc2ccc(CNC(C)(C)C)nc2)n1. The molecule has 0 aliphatic carbocycles. The van der Waals surface area contributed by atoms with Crippen LogP contribution >= 0.6 is 0 Å². The van der Waals surface area contributed by atoms with Gasteiger partial charge in [-0.2, -0.15) is 5.10 Å². The molecule has 0 aliphatic rings. The minimum Gasteiger partial charge on any atom is -0.486 e. The lowest BCUT2D eigenvalue weighted by Crippen LogP contribution is -2.35. The van der Waals surface area contributed by atoms with E-state index >= 15 is 0 Å². The molecule has 5 heteroatoms. The maximum absolute atomic E-state index is 5.65. The third kappa shape index (κ3) is 4.66. The van der Waals surface area contributed by atoms with Crippen molar-refractivity contribution in [1.29, 1.82) is 0 Å². The van der Waals surface area contributed by atoms with Gasteiger partial charge in [-0.15, -0.1) is 0 Å². The van der Waals surface area contributed by atoms with E-state index in [-0.39, 0.29) is 5.54 Å². The summed E-state index contributed by atoms with van der Waals surface area (Å²) in [5, 5.41) is 7.66. The number of aryl methyl sites for hydroxylation is 1. The predicted octanol–water partition coefficient (Wildman–Crippen LogP) is 2.28. The lowest BCUT2D eigenvalue weighted by Gasteiger charge is -2.20. The molecular formula is C15H22N4O. The molecule has 0 amide bonds. The standard InChI is InChI=1S/C15H22N4O/c1-15(2,3)17-9-12-5-6-14(10-16-12)20-11-13-7-8-19(4)18-13/h5-8,10,17H,9,11H2,1-4H3. The summed E-state index contributed by atoms with van der Waals surface area (Å²) >= 11 is 0. The van der Waals surface area contributed by atoms with E-state index in [1.807, 2.05) is 31.4 Å². The smallest absolute Gasteiger partial charge is 0.138 e. The van der Waals surface area contributed by atoms with Crippen molar-refractivity contribution < 1.29 is 4.74 Å². The first-order valence-corrected chi connectivity index (χ1v) is 6.74. The Balaban J connectivity index is 1.85. The van der Waals surface area contributed by atoms with Gasteiger partial charge in [0.05, 0.1) is 17.6 Å². The summed E-state index contributed by atoms with van der Waals surface area (Å²) in [6.45, 7) is 7.62. The van der Waals surface area contributed by atoms with Crippen LogP contribution in [-0.2, 0) is 20.2 Å². The van der Waals surface area contributed by atoms with Gasteiger partial charge in [-0.3, -0.25) is 9.67 Å². The van der Waals surface area contributed by atoms with Crippen LogP contribution in [0, 0.1) is 0 Å². The lowest BCUT2D eigenvalue weighted by molar-refractivity contribution is 0.298. The van der Waals surface area contributed by atoms with Crippen LogP contribution in [0.5, 0.6) is 5.75 Å².